The first-order valence-corrected chi connectivity index (χ1v) is 5.50. The summed E-state index contributed by atoms with van der Waals surface area (Å²) in [5.74, 6) is -0.960. The Morgan fingerprint density at radius 3 is 2.35 bits per heavy atom. The monoisotopic (exact) mass is 283 g/mol. The van der Waals surface area contributed by atoms with E-state index >= 15 is 0 Å². The summed E-state index contributed by atoms with van der Waals surface area (Å²) in [6.45, 7) is 3.30. The molecule has 0 aliphatic heterocycles. The number of nitrogens with zero attached hydrogens (tertiary/aromatic N) is 1. The smallest absolute Gasteiger partial charge is 0.433 e. The van der Waals surface area contributed by atoms with Crippen molar-refractivity contribution in [2.75, 3.05) is 0 Å². The zero-order valence-corrected chi connectivity index (χ0v) is 10.1. The molecule has 104 valence electrons. The normalized spacial score (nSPS) is 11.4. The highest BCUT2D eigenvalue weighted by Gasteiger charge is 2.32. The topological polar surface area (TPSA) is 33.1 Å². The van der Waals surface area contributed by atoms with Crippen LogP contribution in [0.1, 0.15) is 11.3 Å². The first kappa shape index (κ1) is 14.0. The molecule has 6 heteroatoms. The Labute approximate surface area is 112 Å². The first-order valence-electron chi connectivity index (χ1n) is 5.50. The van der Waals surface area contributed by atoms with Crippen molar-refractivity contribution in [3.8, 4) is 11.1 Å². The molecule has 0 atom stereocenters. The highest BCUT2D eigenvalue weighted by atomic mass is 19.4. The Kier molecular flexibility index (Phi) is 3.48. The molecule has 0 saturated heterocycles. The fourth-order valence-electron chi connectivity index (χ4n) is 1.73. The number of hydrogen-bond acceptors (Lipinski definition) is 2. The average Bonchev–Trinajstić information content (AvgIpc) is 2.37. The molecule has 0 radical (unpaired) electrons. The van der Waals surface area contributed by atoms with E-state index in [9.17, 15) is 22.7 Å². The second-order valence-electron chi connectivity index (χ2n) is 4.07. The van der Waals surface area contributed by atoms with Crippen LogP contribution in [0.4, 0.5) is 17.6 Å². The van der Waals surface area contributed by atoms with Crippen molar-refractivity contribution >= 4 is 5.76 Å². The molecule has 2 aromatic rings. The van der Waals surface area contributed by atoms with Gasteiger partial charge in [-0.3, -0.25) is 4.98 Å². The predicted octanol–water partition coefficient (Wildman–Crippen LogP) is 4.44. The molecule has 0 amide bonds. The molecule has 0 unspecified atom stereocenters. The highest BCUT2D eigenvalue weighted by Crippen LogP contribution is 2.31. The van der Waals surface area contributed by atoms with Gasteiger partial charge >= 0.3 is 6.18 Å². The number of hydrogen-bond donors (Lipinski definition) is 1. The molecule has 0 spiro atoms. The molecule has 1 heterocycles. The van der Waals surface area contributed by atoms with Gasteiger partial charge in [0.05, 0.1) is 0 Å². The van der Waals surface area contributed by atoms with Crippen LogP contribution in [0.3, 0.4) is 0 Å². The minimum Gasteiger partial charge on any atom is -0.508 e. The quantitative estimate of drug-likeness (QED) is 0.653. The zero-order chi connectivity index (χ0) is 14.9. The largest absolute Gasteiger partial charge is 0.508 e. The van der Waals surface area contributed by atoms with Crippen LogP contribution in [0, 0.1) is 5.82 Å². The minimum absolute atomic E-state index is 0.103. The second kappa shape index (κ2) is 4.96. The molecule has 20 heavy (non-hydrogen) atoms. The van der Waals surface area contributed by atoms with Crippen LogP contribution in [-0.4, -0.2) is 10.1 Å². The number of alkyl halides is 3. The molecular formula is C14H9F4NO. The van der Waals surface area contributed by atoms with Crippen LogP contribution in [0.25, 0.3) is 16.9 Å². The second-order valence-corrected chi connectivity index (χ2v) is 4.07. The summed E-state index contributed by atoms with van der Waals surface area (Å²) in [6, 6.07) is 5.56. The van der Waals surface area contributed by atoms with Crippen molar-refractivity contribution in [1.29, 1.82) is 0 Å². The minimum atomic E-state index is -4.52. The van der Waals surface area contributed by atoms with E-state index < -0.39 is 17.7 Å². The van der Waals surface area contributed by atoms with Crippen LogP contribution in [0.15, 0.2) is 43.1 Å². The van der Waals surface area contributed by atoms with Crippen molar-refractivity contribution in [3.63, 3.8) is 0 Å². The number of aliphatic hydroxyl groups excluding tert-OH is 1. The summed E-state index contributed by atoms with van der Waals surface area (Å²) >= 11 is 0. The lowest BCUT2D eigenvalue weighted by molar-refractivity contribution is -0.141. The number of halogens is 4. The van der Waals surface area contributed by atoms with Gasteiger partial charge in [-0.15, -0.1) is 0 Å². The lowest BCUT2D eigenvalue weighted by atomic mass is 10.00. The highest BCUT2D eigenvalue weighted by molar-refractivity contribution is 5.77. The van der Waals surface area contributed by atoms with Crippen LogP contribution < -0.4 is 0 Å². The molecule has 0 aliphatic carbocycles. The van der Waals surface area contributed by atoms with E-state index in [-0.39, 0.29) is 11.3 Å². The van der Waals surface area contributed by atoms with Gasteiger partial charge in [0.15, 0.2) is 0 Å². The molecule has 1 aromatic carbocycles. The van der Waals surface area contributed by atoms with Gasteiger partial charge in [0, 0.05) is 17.3 Å². The Bertz CT molecular complexity index is 647. The maximum absolute atomic E-state index is 13.1. The third-order valence-corrected chi connectivity index (χ3v) is 2.66. The van der Waals surface area contributed by atoms with E-state index in [1.807, 2.05) is 0 Å². The fourth-order valence-corrected chi connectivity index (χ4v) is 1.73. The van der Waals surface area contributed by atoms with Crippen molar-refractivity contribution in [1.82, 2.24) is 4.98 Å². The van der Waals surface area contributed by atoms with E-state index in [0.29, 0.717) is 11.1 Å². The summed E-state index contributed by atoms with van der Waals surface area (Å²) in [7, 11) is 0. The molecule has 2 nitrogen and oxygen atoms in total. The van der Waals surface area contributed by atoms with Crippen LogP contribution in [0.2, 0.25) is 0 Å². The summed E-state index contributed by atoms with van der Waals surface area (Å²) < 4.78 is 50.4. The lowest BCUT2D eigenvalue weighted by Crippen LogP contribution is -2.07. The van der Waals surface area contributed by atoms with Crippen LogP contribution in [0.5, 0.6) is 0 Å². The summed E-state index contributed by atoms with van der Waals surface area (Å²) in [6.07, 6.45) is -3.51. The van der Waals surface area contributed by atoms with Crippen molar-refractivity contribution in [2.45, 2.75) is 6.18 Å². The lowest BCUT2D eigenvalue weighted by Gasteiger charge is -2.10. The summed E-state index contributed by atoms with van der Waals surface area (Å²) in [5.41, 5.74) is -0.248. The van der Waals surface area contributed by atoms with Crippen molar-refractivity contribution in [3.05, 3.63) is 60.2 Å². The van der Waals surface area contributed by atoms with Gasteiger partial charge in [-0.1, -0.05) is 18.7 Å². The fraction of sp³-hybridized carbons (Fsp3) is 0.0714. The Morgan fingerprint density at radius 2 is 1.85 bits per heavy atom. The molecule has 1 aromatic heterocycles. The molecule has 0 bridgehead atoms. The maximum Gasteiger partial charge on any atom is 0.433 e. The van der Waals surface area contributed by atoms with Gasteiger partial charge in [0.1, 0.15) is 17.3 Å². The number of rotatable bonds is 2. The Morgan fingerprint density at radius 1 is 1.15 bits per heavy atom. The van der Waals surface area contributed by atoms with E-state index in [1.54, 1.807) is 0 Å². The van der Waals surface area contributed by atoms with Gasteiger partial charge < -0.3 is 5.11 Å². The van der Waals surface area contributed by atoms with E-state index in [2.05, 4.69) is 11.6 Å². The first-order chi connectivity index (χ1) is 9.29. The molecule has 0 saturated carbocycles. The maximum atomic E-state index is 13.1. The van der Waals surface area contributed by atoms with Crippen LogP contribution in [-0.2, 0) is 6.18 Å². The van der Waals surface area contributed by atoms with Crippen LogP contribution >= 0.6 is 0 Å². The van der Waals surface area contributed by atoms with E-state index in [1.165, 1.54) is 12.1 Å². The molecule has 0 fully saturated rings. The van der Waals surface area contributed by atoms with Gasteiger partial charge in [0.2, 0.25) is 0 Å². The van der Waals surface area contributed by atoms with Gasteiger partial charge in [-0.25, -0.2) is 4.39 Å². The molecule has 1 N–H and O–H groups in total. The molecule has 2 rings (SSSR count). The van der Waals surface area contributed by atoms with Gasteiger partial charge in [-0.05, 0) is 23.8 Å². The predicted molar refractivity (Wildman–Crippen MR) is 66.3 cm³/mol. The van der Waals surface area contributed by atoms with Crippen molar-refractivity contribution in [2.24, 2.45) is 0 Å². The molecule has 0 aliphatic rings. The average molecular weight is 283 g/mol. The van der Waals surface area contributed by atoms with Gasteiger partial charge in [-0.2, -0.15) is 13.2 Å². The third-order valence-electron chi connectivity index (χ3n) is 2.66. The Balaban J connectivity index is 2.50. The summed E-state index contributed by atoms with van der Waals surface area (Å²) in [5, 5.41) is 9.41. The SMILES string of the molecule is C=C(O)c1cc(F)ccc1-c1ccc(C(F)(F)F)nc1. The van der Waals surface area contributed by atoms with Gasteiger partial charge in [0.25, 0.3) is 0 Å². The third kappa shape index (κ3) is 2.79. The summed E-state index contributed by atoms with van der Waals surface area (Å²) in [4.78, 5) is 3.32. The number of benzene rings is 1. The standard InChI is InChI=1S/C14H9F4NO/c1-8(20)12-6-10(15)3-4-11(12)9-2-5-13(19-7-9)14(16,17)18/h2-7,20H,1H2. The molecular weight excluding hydrogens is 274 g/mol. The number of pyridine rings is 1. The van der Waals surface area contributed by atoms with E-state index in [0.717, 1.165) is 24.4 Å². The number of aliphatic hydroxyl groups is 1. The zero-order valence-electron chi connectivity index (χ0n) is 10.1. The Hall–Kier alpha value is -2.37. The van der Waals surface area contributed by atoms with Crippen molar-refractivity contribution < 1.29 is 22.7 Å². The number of aromatic nitrogens is 1. The van der Waals surface area contributed by atoms with E-state index in [4.69, 9.17) is 0 Å².